The Labute approximate surface area is 117 Å². The van der Waals surface area contributed by atoms with E-state index in [1.807, 2.05) is 33.0 Å². The van der Waals surface area contributed by atoms with Crippen molar-refractivity contribution < 1.29 is 5.11 Å². The summed E-state index contributed by atoms with van der Waals surface area (Å²) < 4.78 is 0. The highest BCUT2D eigenvalue weighted by molar-refractivity contribution is 7.09. The molecule has 0 aromatic carbocycles. The van der Waals surface area contributed by atoms with E-state index in [2.05, 4.69) is 20.2 Å². The third kappa shape index (κ3) is 3.52. The number of aryl methyl sites for hydroxylation is 1. The van der Waals surface area contributed by atoms with Crippen LogP contribution in [0.5, 0.6) is 0 Å². The molecule has 0 saturated carbocycles. The van der Waals surface area contributed by atoms with Crippen LogP contribution in [-0.2, 0) is 6.54 Å². The molecule has 0 aliphatic carbocycles. The fourth-order valence-corrected chi connectivity index (χ4v) is 2.45. The quantitative estimate of drug-likeness (QED) is 0.913. The minimum absolute atomic E-state index is 0.472. The number of aromatic nitrogens is 2. The Hall–Kier alpha value is -1.46. The normalized spacial score (nSPS) is 12.4. The van der Waals surface area contributed by atoms with Gasteiger partial charge < -0.3 is 10.0 Å². The SMILES string of the molecule is CC[C@H](O)c1ccc(N(C)Cc2csc(C)n2)cn1. The highest BCUT2D eigenvalue weighted by Crippen LogP contribution is 2.19. The van der Waals surface area contributed by atoms with Gasteiger partial charge in [-0.15, -0.1) is 11.3 Å². The van der Waals surface area contributed by atoms with Gasteiger partial charge in [-0.3, -0.25) is 4.98 Å². The van der Waals surface area contributed by atoms with Crippen molar-refractivity contribution in [1.82, 2.24) is 9.97 Å². The van der Waals surface area contributed by atoms with Crippen LogP contribution >= 0.6 is 11.3 Å². The van der Waals surface area contributed by atoms with Crippen LogP contribution in [0.3, 0.4) is 0 Å². The van der Waals surface area contributed by atoms with E-state index in [0.29, 0.717) is 6.42 Å². The maximum atomic E-state index is 9.71. The second-order valence-corrected chi connectivity index (χ2v) is 5.64. The van der Waals surface area contributed by atoms with Crippen molar-refractivity contribution in [3.63, 3.8) is 0 Å². The molecule has 2 aromatic rings. The fraction of sp³-hybridized carbons (Fsp3) is 0.429. The maximum absolute atomic E-state index is 9.71. The molecule has 1 atom stereocenters. The molecule has 2 heterocycles. The van der Waals surface area contributed by atoms with Gasteiger partial charge >= 0.3 is 0 Å². The summed E-state index contributed by atoms with van der Waals surface area (Å²) in [4.78, 5) is 10.9. The molecule has 4 nitrogen and oxygen atoms in total. The zero-order valence-electron chi connectivity index (χ0n) is 11.5. The van der Waals surface area contributed by atoms with Gasteiger partial charge in [-0.25, -0.2) is 4.98 Å². The molecule has 2 aromatic heterocycles. The zero-order chi connectivity index (χ0) is 13.8. The first-order valence-corrected chi connectivity index (χ1v) is 7.24. The molecule has 0 saturated heterocycles. The molecule has 0 bridgehead atoms. The van der Waals surface area contributed by atoms with Crippen molar-refractivity contribution in [2.24, 2.45) is 0 Å². The van der Waals surface area contributed by atoms with Crippen LogP contribution in [0.15, 0.2) is 23.7 Å². The average Bonchev–Trinajstić information content (AvgIpc) is 2.83. The van der Waals surface area contributed by atoms with E-state index < -0.39 is 6.10 Å². The number of rotatable bonds is 5. The van der Waals surface area contributed by atoms with Gasteiger partial charge in [0, 0.05) is 12.4 Å². The number of thiazole rings is 1. The average molecular weight is 277 g/mol. The van der Waals surface area contributed by atoms with Crippen molar-refractivity contribution in [1.29, 1.82) is 0 Å². The van der Waals surface area contributed by atoms with Crippen LogP contribution < -0.4 is 4.90 Å². The van der Waals surface area contributed by atoms with E-state index in [1.54, 1.807) is 17.5 Å². The first-order chi connectivity index (χ1) is 9.10. The maximum Gasteiger partial charge on any atom is 0.0957 e. The van der Waals surface area contributed by atoms with Crippen LogP contribution in [-0.4, -0.2) is 22.1 Å². The lowest BCUT2D eigenvalue weighted by Crippen LogP contribution is -2.17. The molecule has 0 spiro atoms. The molecule has 0 aliphatic heterocycles. The topological polar surface area (TPSA) is 49.2 Å². The minimum atomic E-state index is -0.472. The standard InChI is InChI=1S/C14H19N3OS/c1-4-14(18)13-6-5-12(7-15-13)17(3)8-11-9-19-10(2)16-11/h5-7,9,14,18H,4,8H2,1-3H3/t14-/m0/s1. The van der Waals surface area contributed by atoms with Gasteiger partial charge in [-0.2, -0.15) is 0 Å². The molecule has 0 unspecified atom stereocenters. The Morgan fingerprint density at radius 3 is 2.74 bits per heavy atom. The first-order valence-electron chi connectivity index (χ1n) is 6.36. The summed E-state index contributed by atoms with van der Waals surface area (Å²) in [5, 5.41) is 12.9. The Bertz CT molecular complexity index is 524. The Balaban J connectivity index is 2.05. The van der Waals surface area contributed by atoms with E-state index in [9.17, 15) is 5.11 Å². The van der Waals surface area contributed by atoms with E-state index >= 15 is 0 Å². The van der Waals surface area contributed by atoms with Crippen LogP contribution in [0.1, 0.15) is 35.8 Å². The number of aliphatic hydroxyl groups is 1. The Kier molecular flexibility index (Phi) is 4.50. The summed E-state index contributed by atoms with van der Waals surface area (Å²) in [5.74, 6) is 0. The number of pyridine rings is 1. The minimum Gasteiger partial charge on any atom is -0.387 e. The van der Waals surface area contributed by atoms with E-state index in [0.717, 1.165) is 28.6 Å². The van der Waals surface area contributed by atoms with Crippen LogP contribution in [0.4, 0.5) is 5.69 Å². The van der Waals surface area contributed by atoms with E-state index in [-0.39, 0.29) is 0 Å². The van der Waals surface area contributed by atoms with Crippen molar-refractivity contribution in [3.8, 4) is 0 Å². The third-order valence-corrected chi connectivity index (χ3v) is 3.83. The molecule has 5 heteroatoms. The molecular formula is C14H19N3OS. The molecule has 1 N–H and O–H groups in total. The molecule has 0 amide bonds. The molecule has 19 heavy (non-hydrogen) atoms. The van der Waals surface area contributed by atoms with Gasteiger partial charge in [0.1, 0.15) is 0 Å². The van der Waals surface area contributed by atoms with Crippen LogP contribution in [0.2, 0.25) is 0 Å². The number of anilines is 1. The van der Waals surface area contributed by atoms with Gasteiger partial charge in [0.15, 0.2) is 0 Å². The lowest BCUT2D eigenvalue weighted by Gasteiger charge is -2.18. The Morgan fingerprint density at radius 2 is 2.21 bits per heavy atom. The highest BCUT2D eigenvalue weighted by Gasteiger charge is 2.08. The van der Waals surface area contributed by atoms with Crippen molar-refractivity contribution in [2.45, 2.75) is 32.9 Å². The number of hydrogen-bond acceptors (Lipinski definition) is 5. The summed E-state index contributed by atoms with van der Waals surface area (Å²) in [6.45, 7) is 4.72. The predicted octanol–water partition coefficient (Wildman–Crippen LogP) is 2.93. The van der Waals surface area contributed by atoms with Crippen molar-refractivity contribution >= 4 is 17.0 Å². The molecule has 2 rings (SSSR count). The van der Waals surface area contributed by atoms with E-state index in [1.165, 1.54) is 0 Å². The summed E-state index contributed by atoms with van der Waals surface area (Å²) >= 11 is 1.66. The fourth-order valence-electron chi connectivity index (χ4n) is 1.84. The second-order valence-electron chi connectivity index (χ2n) is 4.58. The summed E-state index contributed by atoms with van der Waals surface area (Å²) in [6, 6.07) is 3.87. The van der Waals surface area contributed by atoms with Crippen molar-refractivity contribution in [2.75, 3.05) is 11.9 Å². The second kappa shape index (κ2) is 6.12. The third-order valence-electron chi connectivity index (χ3n) is 3.01. The lowest BCUT2D eigenvalue weighted by molar-refractivity contribution is 0.169. The molecule has 0 aliphatic rings. The highest BCUT2D eigenvalue weighted by atomic mass is 32.1. The Morgan fingerprint density at radius 1 is 1.42 bits per heavy atom. The van der Waals surface area contributed by atoms with Gasteiger partial charge in [-0.1, -0.05) is 6.92 Å². The largest absolute Gasteiger partial charge is 0.387 e. The van der Waals surface area contributed by atoms with Crippen LogP contribution in [0.25, 0.3) is 0 Å². The summed E-state index contributed by atoms with van der Waals surface area (Å²) in [7, 11) is 2.02. The molecule has 102 valence electrons. The number of nitrogens with zero attached hydrogens (tertiary/aromatic N) is 3. The molecular weight excluding hydrogens is 258 g/mol. The van der Waals surface area contributed by atoms with Gasteiger partial charge in [0.25, 0.3) is 0 Å². The predicted molar refractivity (Wildman–Crippen MR) is 78.4 cm³/mol. The number of hydrogen-bond donors (Lipinski definition) is 1. The van der Waals surface area contributed by atoms with Crippen molar-refractivity contribution in [3.05, 3.63) is 40.1 Å². The van der Waals surface area contributed by atoms with Gasteiger partial charge in [-0.05, 0) is 25.5 Å². The number of aliphatic hydroxyl groups excluding tert-OH is 1. The molecule has 0 radical (unpaired) electrons. The first kappa shape index (κ1) is 14.0. The van der Waals surface area contributed by atoms with Crippen LogP contribution in [0, 0.1) is 6.92 Å². The van der Waals surface area contributed by atoms with Gasteiger partial charge in [0.2, 0.25) is 0 Å². The summed E-state index contributed by atoms with van der Waals surface area (Å²) in [6.07, 6.45) is 2.01. The summed E-state index contributed by atoms with van der Waals surface area (Å²) in [5.41, 5.74) is 2.82. The van der Waals surface area contributed by atoms with E-state index in [4.69, 9.17) is 0 Å². The lowest BCUT2D eigenvalue weighted by atomic mass is 10.2. The smallest absolute Gasteiger partial charge is 0.0957 e. The zero-order valence-corrected chi connectivity index (χ0v) is 12.3. The molecule has 0 fully saturated rings. The monoisotopic (exact) mass is 277 g/mol. The van der Waals surface area contributed by atoms with Gasteiger partial charge in [0.05, 0.1) is 40.9 Å².